The van der Waals surface area contributed by atoms with Crippen molar-refractivity contribution >= 4 is 17.6 Å². The molecule has 1 fully saturated rings. The maximum atomic E-state index is 13.4. The summed E-state index contributed by atoms with van der Waals surface area (Å²) in [6, 6.07) is 12.1. The van der Waals surface area contributed by atoms with E-state index in [2.05, 4.69) is 10.6 Å². The lowest BCUT2D eigenvalue weighted by Gasteiger charge is -2.30. The van der Waals surface area contributed by atoms with Crippen LogP contribution in [0.25, 0.3) is 0 Å². The molecule has 0 bridgehead atoms. The largest absolute Gasteiger partial charge is 0.416 e. The molecule has 2 unspecified atom stereocenters. The molecular formula is C22H24ClF3N2O. The summed E-state index contributed by atoms with van der Waals surface area (Å²) in [7, 11) is 0. The molecule has 2 aromatic carbocycles. The summed E-state index contributed by atoms with van der Waals surface area (Å²) in [6.07, 6.45) is -2.39. The first-order valence-electron chi connectivity index (χ1n) is 9.59. The van der Waals surface area contributed by atoms with Crippen LogP contribution in [0.2, 0.25) is 5.02 Å². The third-order valence-corrected chi connectivity index (χ3v) is 5.74. The predicted octanol–water partition coefficient (Wildman–Crippen LogP) is 6.23. The lowest BCUT2D eigenvalue weighted by atomic mass is 9.89. The summed E-state index contributed by atoms with van der Waals surface area (Å²) in [6.45, 7) is 3.72. The minimum absolute atomic E-state index is 0.250. The SMILES string of the molecule is CC(C)(NC(=O)NC1CCCC1c1ccccc1C(F)(F)F)c1ccc(Cl)cc1. The molecule has 0 aromatic heterocycles. The van der Waals surface area contributed by atoms with Gasteiger partial charge in [-0.3, -0.25) is 0 Å². The zero-order valence-corrected chi connectivity index (χ0v) is 17.1. The first-order chi connectivity index (χ1) is 13.6. The Morgan fingerprint density at radius 2 is 1.69 bits per heavy atom. The third-order valence-electron chi connectivity index (χ3n) is 5.49. The lowest BCUT2D eigenvalue weighted by Crippen LogP contribution is -2.50. The molecule has 2 atom stereocenters. The van der Waals surface area contributed by atoms with Crippen molar-refractivity contribution in [3.05, 3.63) is 70.2 Å². The van der Waals surface area contributed by atoms with Crippen molar-refractivity contribution in [1.82, 2.24) is 10.6 Å². The van der Waals surface area contributed by atoms with E-state index in [1.807, 2.05) is 26.0 Å². The normalized spacial score (nSPS) is 19.8. The van der Waals surface area contributed by atoms with Gasteiger partial charge >= 0.3 is 12.2 Å². The van der Waals surface area contributed by atoms with Gasteiger partial charge in [-0.05, 0) is 56.0 Å². The second kappa shape index (κ2) is 8.27. The Balaban J connectivity index is 1.73. The number of hydrogen-bond acceptors (Lipinski definition) is 1. The summed E-state index contributed by atoms with van der Waals surface area (Å²) >= 11 is 5.92. The Bertz CT molecular complexity index is 865. The molecule has 0 heterocycles. The number of carbonyl (C=O) groups is 1. The standard InChI is InChI=1S/C22H24ClF3N2O/c1-21(2,14-10-12-15(23)13-11-14)28-20(29)27-19-9-5-7-17(19)16-6-3-4-8-18(16)22(24,25)26/h3-4,6,8,10-13,17,19H,5,7,9H2,1-2H3,(H2,27,28,29). The number of urea groups is 1. The van der Waals surface area contributed by atoms with E-state index in [1.54, 1.807) is 18.2 Å². The van der Waals surface area contributed by atoms with Crippen molar-refractivity contribution in [2.45, 2.75) is 56.8 Å². The van der Waals surface area contributed by atoms with E-state index in [4.69, 9.17) is 11.6 Å². The number of carbonyl (C=O) groups excluding carboxylic acids is 1. The van der Waals surface area contributed by atoms with Crippen LogP contribution >= 0.6 is 11.6 Å². The highest BCUT2D eigenvalue weighted by atomic mass is 35.5. The molecule has 2 aromatic rings. The quantitative estimate of drug-likeness (QED) is 0.600. The molecule has 29 heavy (non-hydrogen) atoms. The Morgan fingerprint density at radius 3 is 2.34 bits per heavy atom. The molecule has 2 amide bonds. The van der Waals surface area contributed by atoms with Crippen LogP contribution in [0.15, 0.2) is 48.5 Å². The zero-order chi connectivity index (χ0) is 21.2. The molecule has 156 valence electrons. The number of halogens is 4. The predicted molar refractivity (Wildman–Crippen MR) is 108 cm³/mol. The van der Waals surface area contributed by atoms with Gasteiger partial charge in [0.05, 0.1) is 11.1 Å². The van der Waals surface area contributed by atoms with Crippen LogP contribution in [0.5, 0.6) is 0 Å². The number of nitrogens with one attached hydrogen (secondary N) is 2. The Labute approximate surface area is 173 Å². The Kier molecular flexibility index (Phi) is 6.13. The molecule has 0 saturated heterocycles. The van der Waals surface area contributed by atoms with Gasteiger partial charge in [0.15, 0.2) is 0 Å². The summed E-state index contributed by atoms with van der Waals surface area (Å²) < 4.78 is 40.3. The summed E-state index contributed by atoms with van der Waals surface area (Å²) in [5.41, 5.74) is -0.157. The van der Waals surface area contributed by atoms with Crippen LogP contribution in [0.4, 0.5) is 18.0 Å². The van der Waals surface area contributed by atoms with Gasteiger partial charge in [0, 0.05) is 17.0 Å². The van der Waals surface area contributed by atoms with Gasteiger partial charge in [-0.15, -0.1) is 0 Å². The van der Waals surface area contributed by atoms with E-state index in [1.165, 1.54) is 12.1 Å². The Hall–Kier alpha value is -2.21. The minimum atomic E-state index is -4.41. The fourth-order valence-electron chi connectivity index (χ4n) is 4.01. The van der Waals surface area contributed by atoms with E-state index in [-0.39, 0.29) is 17.5 Å². The number of benzene rings is 2. The van der Waals surface area contributed by atoms with E-state index >= 15 is 0 Å². The van der Waals surface area contributed by atoms with Crippen molar-refractivity contribution in [3.63, 3.8) is 0 Å². The van der Waals surface area contributed by atoms with Gasteiger partial charge in [-0.2, -0.15) is 13.2 Å². The number of rotatable bonds is 4. The highest BCUT2D eigenvalue weighted by molar-refractivity contribution is 6.30. The molecule has 1 aliphatic rings. The molecule has 1 saturated carbocycles. The number of alkyl halides is 3. The lowest BCUT2D eigenvalue weighted by molar-refractivity contribution is -0.138. The van der Waals surface area contributed by atoms with Gasteiger partial charge in [0.1, 0.15) is 0 Å². The average Bonchev–Trinajstić information content (AvgIpc) is 3.08. The average molecular weight is 425 g/mol. The highest BCUT2D eigenvalue weighted by Crippen LogP contribution is 2.41. The third kappa shape index (κ3) is 5.04. The van der Waals surface area contributed by atoms with Crippen molar-refractivity contribution in [2.24, 2.45) is 0 Å². The van der Waals surface area contributed by atoms with Crippen LogP contribution in [0, 0.1) is 0 Å². The molecule has 2 N–H and O–H groups in total. The molecule has 3 nitrogen and oxygen atoms in total. The van der Waals surface area contributed by atoms with Crippen molar-refractivity contribution in [2.75, 3.05) is 0 Å². The van der Waals surface area contributed by atoms with E-state index < -0.39 is 23.3 Å². The van der Waals surface area contributed by atoms with Crippen molar-refractivity contribution < 1.29 is 18.0 Å². The number of amides is 2. The van der Waals surface area contributed by atoms with Crippen LogP contribution in [-0.4, -0.2) is 12.1 Å². The smallest absolute Gasteiger partial charge is 0.335 e. The van der Waals surface area contributed by atoms with E-state index in [0.717, 1.165) is 18.1 Å². The maximum absolute atomic E-state index is 13.4. The maximum Gasteiger partial charge on any atom is 0.416 e. The first kappa shape index (κ1) is 21.5. The first-order valence-corrected chi connectivity index (χ1v) is 9.96. The van der Waals surface area contributed by atoms with Gasteiger partial charge in [-0.25, -0.2) is 4.79 Å². The molecule has 0 aliphatic heterocycles. The van der Waals surface area contributed by atoms with Crippen molar-refractivity contribution in [1.29, 1.82) is 0 Å². The van der Waals surface area contributed by atoms with Crippen molar-refractivity contribution in [3.8, 4) is 0 Å². The second-order valence-corrected chi connectivity index (χ2v) is 8.40. The van der Waals surface area contributed by atoms with Gasteiger partial charge in [0.25, 0.3) is 0 Å². The fourth-order valence-corrected chi connectivity index (χ4v) is 4.14. The van der Waals surface area contributed by atoms with Gasteiger partial charge < -0.3 is 10.6 Å². The monoisotopic (exact) mass is 424 g/mol. The van der Waals surface area contributed by atoms with E-state index in [0.29, 0.717) is 17.9 Å². The van der Waals surface area contributed by atoms with Crippen LogP contribution < -0.4 is 10.6 Å². The van der Waals surface area contributed by atoms with Gasteiger partial charge in [0.2, 0.25) is 0 Å². The van der Waals surface area contributed by atoms with Crippen LogP contribution in [0.1, 0.15) is 55.7 Å². The van der Waals surface area contributed by atoms with E-state index in [9.17, 15) is 18.0 Å². The number of hydrogen-bond donors (Lipinski definition) is 2. The second-order valence-electron chi connectivity index (χ2n) is 7.96. The fraction of sp³-hybridized carbons (Fsp3) is 0.409. The molecule has 0 radical (unpaired) electrons. The Morgan fingerprint density at radius 1 is 1.03 bits per heavy atom. The summed E-state index contributed by atoms with van der Waals surface area (Å²) in [5.74, 6) is -0.364. The molecule has 0 spiro atoms. The van der Waals surface area contributed by atoms with Crippen LogP contribution in [-0.2, 0) is 11.7 Å². The molecule has 1 aliphatic carbocycles. The molecular weight excluding hydrogens is 401 g/mol. The highest BCUT2D eigenvalue weighted by Gasteiger charge is 2.39. The summed E-state index contributed by atoms with van der Waals surface area (Å²) in [5, 5.41) is 6.42. The molecule has 7 heteroatoms. The summed E-state index contributed by atoms with van der Waals surface area (Å²) in [4.78, 5) is 12.6. The topological polar surface area (TPSA) is 41.1 Å². The van der Waals surface area contributed by atoms with Crippen LogP contribution in [0.3, 0.4) is 0 Å². The molecule has 3 rings (SSSR count). The van der Waals surface area contributed by atoms with Gasteiger partial charge in [-0.1, -0.05) is 48.4 Å². The minimum Gasteiger partial charge on any atom is -0.335 e. The zero-order valence-electron chi connectivity index (χ0n) is 16.3.